The summed E-state index contributed by atoms with van der Waals surface area (Å²) >= 11 is 0. The molecule has 3 aromatic rings. The van der Waals surface area contributed by atoms with E-state index in [1.54, 1.807) is 6.07 Å². The molecule has 128 valence electrons. The number of hydrogen-bond acceptors (Lipinski definition) is 3. The van der Waals surface area contributed by atoms with E-state index in [4.69, 9.17) is 4.42 Å². The van der Waals surface area contributed by atoms with E-state index in [0.717, 1.165) is 22.2 Å². The van der Waals surface area contributed by atoms with E-state index in [1.165, 1.54) is 0 Å². The maximum Gasteiger partial charge on any atom is 0.344 e. The van der Waals surface area contributed by atoms with Gasteiger partial charge in [0.1, 0.15) is 5.58 Å². The van der Waals surface area contributed by atoms with Crippen LogP contribution in [-0.4, -0.2) is 5.91 Å². The van der Waals surface area contributed by atoms with Crippen LogP contribution in [0.1, 0.15) is 25.8 Å². The Hall–Kier alpha value is -2.88. The highest BCUT2D eigenvalue weighted by Crippen LogP contribution is 2.26. The van der Waals surface area contributed by atoms with Crippen molar-refractivity contribution in [2.45, 2.75) is 27.2 Å². The van der Waals surface area contributed by atoms with Crippen molar-refractivity contribution in [3.8, 4) is 11.1 Å². The number of carbonyl (C=O) groups excluding carboxylic acids is 1. The van der Waals surface area contributed by atoms with Crippen molar-refractivity contribution >= 4 is 22.6 Å². The van der Waals surface area contributed by atoms with Crippen molar-refractivity contribution in [3.63, 3.8) is 0 Å². The summed E-state index contributed by atoms with van der Waals surface area (Å²) in [6, 6.07) is 14.8. The molecule has 1 aromatic heterocycles. The first-order valence-electron chi connectivity index (χ1n) is 8.38. The summed E-state index contributed by atoms with van der Waals surface area (Å²) in [4.78, 5) is 24.2. The third kappa shape index (κ3) is 3.79. The van der Waals surface area contributed by atoms with Gasteiger partial charge in [0.2, 0.25) is 5.91 Å². The number of nitrogens with one attached hydrogen (secondary N) is 1. The molecular weight excluding hydrogens is 314 g/mol. The number of carbonyl (C=O) groups is 1. The van der Waals surface area contributed by atoms with Crippen molar-refractivity contribution in [2.24, 2.45) is 5.92 Å². The summed E-state index contributed by atoms with van der Waals surface area (Å²) in [5.41, 5.74) is 3.18. The monoisotopic (exact) mass is 335 g/mol. The fraction of sp³-hybridized carbons (Fsp3) is 0.238. The summed E-state index contributed by atoms with van der Waals surface area (Å²) in [7, 11) is 0. The first-order valence-corrected chi connectivity index (χ1v) is 8.38. The Morgan fingerprint density at radius 3 is 2.56 bits per heavy atom. The Morgan fingerprint density at radius 2 is 1.84 bits per heavy atom. The van der Waals surface area contributed by atoms with Crippen LogP contribution in [0.15, 0.2) is 57.7 Å². The SMILES string of the molecule is Cc1cc(NC(=O)CC(C)C)ccc1-c1cc2ccccc2oc1=O. The molecule has 0 unspecified atom stereocenters. The van der Waals surface area contributed by atoms with Gasteiger partial charge in [0.15, 0.2) is 0 Å². The van der Waals surface area contributed by atoms with Gasteiger partial charge >= 0.3 is 5.63 Å². The van der Waals surface area contributed by atoms with Crippen LogP contribution >= 0.6 is 0 Å². The highest BCUT2D eigenvalue weighted by atomic mass is 16.4. The fourth-order valence-corrected chi connectivity index (χ4v) is 2.88. The number of amides is 1. The van der Waals surface area contributed by atoms with Gasteiger partial charge in [-0.1, -0.05) is 38.1 Å². The van der Waals surface area contributed by atoms with Crippen LogP contribution in [0, 0.1) is 12.8 Å². The lowest BCUT2D eigenvalue weighted by Crippen LogP contribution is -2.14. The lowest BCUT2D eigenvalue weighted by molar-refractivity contribution is -0.116. The lowest BCUT2D eigenvalue weighted by Gasteiger charge is -2.11. The Kier molecular flexibility index (Phi) is 4.70. The minimum Gasteiger partial charge on any atom is -0.422 e. The smallest absolute Gasteiger partial charge is 0.344 e. The predicted molar refractivity (Wildman–Crippen MR) is 101 cm³/mol. The molecule has 0 saturated carbocycles. The third-order valence-electron chi connectivity index (χ3n) is 4.04. The minimum atomic E-state index is -0.363. The van der Waals surface area contributed by atoms with Crippen LogP contribution in [0.2, 0.25) is 0 Å². The summed E-state index contributed by atoms with van der Waals surface area (Å²) in [6.45, 7) is 5.93. The van der Waals surface area contributed by atoms with E-state index in [1.807, 2.05) is 63.2 Å². The molecule has 1 amide bonds. The molecule has 4 heteroatoms. The van der Waals surface area contributed by atoms with Gasteiger partial charge in [0, 0.05) is 17.5 Å². The van der Waals surface area contributed by atoms with Gasteiger partial charge in [-0.2, -0.15) is 0 Å². The van der Waals surface area contributed by atoms with Gasteiger partial charge < -0.3 is 9.73 Å². The van der Waals surface area contributed by atoms with E-state index in [0.29, 0.717) is 23.5 Å². The first kappa shape index (κ1) is 17.0. The van der Waals surface area contributed by atoms with E-state index < -0.39 is 0 Å². The summed E-state index contributed by atoms with van der Waals surface area (Å²) in [6.07, 6.45) is 0.481. The van der Waals surface area contributed by atoms with Crippen molar-refractivity contribution in [3.05, 3.63) is 64.5 Å². The summed E-state index contributed by atoms with van der Waals surface area (Å²) < 4.78 is 5.42. The maximum absolute atomic E-state index is 12.3. The fourth-order valence-electron chi connectivity index (χ4n) is 2.88. The highest BCUT2D eigenvalue weighted by molar-refractivity contribution is 5.91. The average Bonchev–Trinajstić information content (AvgIpc) is 2.54. The van der Waals surface area contributed by atoms with Gasteiger partial charge in [-0.3, -0.25) is 4.79 Å². The lowest BCUT2D eigenvalue weighted by atomic mass is 10.0. The normalized spacial score (nSPS) is 11.0. The van der Waals surface area contributed by atoms with Crippen molar-refractivity contribution < 1.29 is 9.21 Å². The number of benzene rings is 2. The minimum absolute atomic E-state index is 0.00707. The third-order valence-corrected chi connectivity index (χ3v) is 4.04. The maximum atomic E-state index is 12.3. The molecule has 1 heterocycles. The van der Waals surface area contributed by atoms with E-state index >= 15 is 0 Å². The number of aryl methyl sites for hydroxylation is 1. The molecule has 0 atom stereocenters. The molecule has 0 aliphatic carbocycles. The topological polar surface area (TPSA) is 59.3 Å². The molecule has 1 N–H and O–H groups in total. The Bertz CT molecular complexity index is 986. The molecule has 0 aliphatic heterocycles. The second-order valence-electron chi connectivity index (χ2n) is 6.66. The quantitative estimate of drug-likeness (QED) is 0.700. The predicted octanol–water partition coefficient (Wildman–Crippen LogP) is 4.75. The number of hydrogen-bond donors (Lipinski definition) is 1. The molecule has 2 aromatic carbocycles. The molecule has 0 fully saturated rings. The molecule has 0 bridgehead atoms. The molecule has 0 spiro atoms. The van der Waals surface area contributed by atoms with Crippen LogP contribution in [0.25, 0.3) is 22.1 Å². The van der Waals surface area contributed by atoms with Gasteiger partial charge in [0.25, 0.3) is 0 Å². The molecule has 0 saturated heterocycles. The zero-order valence-corrected chi connectivity index (χ0v) is 14.6. The molecule has 0 radical (unpaired) electrons. The second kappa shape index (κ2) is 6.93. The number of anilines is 1. The number of para-hydroxylation sites is 1. The first-order chi connectivity index (χ1) is 11.9. The second-order valence-corrected chi connectivity index (χ2v) is 6.66. The van der Waals surface area contributed by atoms with Crippen LogP contribution in [-0.2, 0) is 4.79 Å². The zero-order chi connectivity index (χ0) is 18.0. The Balaban J connectivity index is 1.95. The average molecular weight is 335 g/mol. The zero-order valence-electron chi connectivity index (χ0n) is 14.6. The Labute approximate surface area is 146 Å². The summed E-state index contributed by atoms with van der Waals surface area (Å²) in [5.74, 6) is 0.301. The molecule has 0 aliphatic rings. The van der Waals surface area contributed by atoms with Crippen LogP contribution in [0.4, 0.5) is 5.69 Å². The van der Waals surface area contributed by atoms with Crippen molar-refractivity contribution in [1.29, 1.82) is 0 Å². The van der Waals surface area contributed by atoms with Crippen LogP contribution in [0.3, 0.4) is 0 Å². The van der Waals surface area contributed by atoms with E-state index in [-0.39, 0.29) is 11.5 Å². The van der Waals surface area contributed by atoms with E-state index in [2.05, 4.69) is 5.32 Å². The van der Waals surface area contributed by atoms with Crippen molar-refractivity contribution in [2.75, 3.05) is 5.32 Å². The van der Waals surface area contributed by atoms with Gasteiger partial charge in [-0.25, -0.2) is 4.79 Å². The molecule has 4 nitrogen and oxygen atoms in total. The van der Waals surface area contributed by atoms with Gasteiger partial charge in [0.05, 0.1) is 5.56 Å². The molecular formula is C21H21NO3. The standard InChI is InChI=1S/C21H21NO3/c1-13(2)10-20(23)22-16-8-9-17(14(3)11-16)18-12-15-6-4-5-7-19(15)25-21(18)24/h4-9,11-13H,10H2,1-3H3,(H,22,23). The van der Waals surface area contributed by atoms with Gasteiger partial charge in [-0.15, -0.1) is 0 Å². The van der Waals surface area contributed by atoms with E-state index in [9.17, 15) is 9.59 Å². The number of rotatable bonds is 4. The number of fused-ring (bicyclic) bond motifs is 1. The largest absolute Gasteiger partial charge is 0.422 e. The van der Waals surface area contributed by atoms with Crippen LogP contribution < -0.4 is 10.9 Å². The summed E-state index contributed by atoms with van der Waals surface area (Å²) in [5, 5.41) is 3.78. The highest BCUT2D eigenvalue weighted by Gasteiger charge is 2.12. The Morgan fingerprint density at radius 1 is 1.08 bits per heavy atom. The van der Waals surface area contributed by atoms with Crippen LogP contribution in [0.5, 0.6) is 0 Å². The van der Waals surface area contributed by atoms with Crippen molar-refractivity contribution in [1.82, 2.24) is 0 Å². The molecule has 3 rings (SSSR count). The van der Waals surface area contributed by atoms with Gasteiger partial charge in [-0.05, 0) is 48.2 Å². The molecule has 25 heavy (non-hydrogen) atoms.